The third-order valence-electron chi connectivity index (χ3n) is 3.97. The van der Waals surface area contributed by atoms with Crippen molar-refractivity contribution in [3.8, 4) is 0 Å². The summed E-state index contributed by atoms with van der Waals surface area (Å²) >= 11 is 0. The molecule has 0 amide bonds. The van der Waals surface area contributed by atoms with Gasteiger partial charge in [0.2, 0.25) is 0 Å². The molecule has 0 spiro atoms. The average Bonchev–Trinajstić information content (AvgIpc) is 2.44. The minimum atomic E-state index is -0.723. The van der Waals surface area contributed by atoms with Crippen molar-refractivity contribution in [2.45, 2.75) is 25.4 Å². The van der Waals surface area contributed by atoms with Crippen LogP contribution in [0.4, 0.5) is 5.82 Å². The number of para-hydroxylation sites is 1. The van der Waals surface area contributed by atoms with Gasteiger partial charge in [0.15, 0.2) is 0 Å². The number of piperidine rings is 1. The number of nitrogens with zero attached hydrogens (tertiary/aromatic N) is 2. The molecule has 0 saturated carbocycles. The van der Waals surface area contributed by atoms with Crippen LogP contribution in [-0.4, -0.2) is 34.6 Å². The molecule has 0 bridgehead atoms. The SMILES string of the molecule is CC1(O)CCCN(c2nc3ccccc3cc2C(=N)N)C1. The molecule has 1 unspecified atom stereocenters. The minimum absolute atomic E-state index is 0.00784. The molecule has 1 aromatic heterocycles. The van der Waals surface area contributed by atoms with E-state index in [1.165, 1.54) is 0 Å². The fourth-order valence-corrected chi connectivity index (χ4v) is 2.95. The van der Waals surface area contributed by atoms with E-state index in [0.29, 0.717) is 17.9 Å². The molecule has 2 heterocycles. The Labute approximate surface area is 123 Å². The Bertz CT molecular complexity index is 696. The molecule has 5 nitrogen and oxygen atoms in total. The molecule has 0 radical (unpaired) electrons. The number of nitrogen functional groups attached to an aromatic ring is 1. The van der Waals surface area contributed by atoms with E-state index in [2.05, 4.69) is 4.98 Å². The second kappa shape index (κ2) is 5.00. The van der Waals surface area contributed by atoms with E-state index in [9.17, 15) is 5.11 Å². The third kappa shape index (κ3) is 2.69. The number of anilines is 1. The number of rotatable bonds is 2. The van der Waals surface area contributed by atoms with Gasteiger partial charge in [0.1, 0.15) is 11.7 Å². The molecule has 1 saturated heterocycles. The van der Waals surface area contributed by atoms with Gasteiger partial charge in [-0.2, -0.15) is 0 Å². The van der Waals surface area contributed by atoms with E-state index < -0.39 is 5.60 Å². The van der Waals surface area contributed by atoms with Gasteiger partial charge in [0.25, 0.3) is 0 Å². The molecule has 5 heteroatoms. The van der Waals surface area contributed by atoms with Gasteiger partial charge in [-0.1, -0.05) is 18.2 Å². The normalized spacial score (nSPS) is 22.5. The summed E-state index contributed by atoms with van der Waals surface area (Å²) in [5.41, 5.74) is 6.52. The first kappa shape index (κ1) is 13.8. The molecular formula is C16H20N4O. The van der Waals surface area contributed by atoms with Crippen molar-refractivity contribution < 1.29 is 5.11 Å². The smallest absolute Gasteiger partial charge is 0.140 e. The van der Waals surface area contributed by atoms with Gasteiger partial charge in [-0.15, -0.1) is 0 Å². The highest BCUT2D eigenvalue weighted by molar-refractivity contribution is 6.03. The lowest BCUT2D eigenvalue weighted by atomic mass is 9.94. The molecular weight excluding hydrogens is 264 g/mol. The summed E-state index contributed by atoms with van der Waals surface area (Å²) in [5.74, 6) is 0.703. The van der Waals surface area contributed by atoms with E-state index in [1.54, 1.807) is 0 Å². The quantitative estimate of drug-likeness (QED) is 0.580. The zero-order valence-electron chi connectivity index (χ0n) is 12.1. The van der Waals surface area contributed by atoms with E-state index >= 15 is 0 Å². The first-order chi connectivity index (χ1) is 9.96. The maximum Gasteiger partial charge on any atom is 0.140 e. The average molecular weight is 284 g/mol. The van der Waals surface area contributed by atoms with Crippen molar-refractivity contribution in [2.75, 3.05) is 18.0 Å². The lowest BCUT2D eigenvalue weighted by Crippen LogP contribution is -2.47. The predicted octanol–water partition coefficient (Wildman–Crippen LogP) is 1.87. The Morgan fingerprint density at radius 2 is 2.19 bits per heavy atom. The lowest BCUT2D eigenvalue weighted by Gasteiger charge is -2.38. The molecule has 1 aliphatic heterocycles. The molecule has 1 aromatic carbocycles. The number of β-amino-alcohol motifs (C(OH)–C–C–N with tert-alkyl or cyclic N) is 1. The van der Waals surface area contributed by atoms with Gasteiger partial charge in [-0.3, -0.25) is 5.41 Å². The number of nitrogens with two attached hydrogens (primary N) is 1. The number of aromatic nitrogens is 1. The topological polar surface area (TPSA) is 86.2 Å². The van der Waals surface area contributed by atoms with Crippen LogP contribution in [0.15, 0.2) is 30.3 Å². The number of hydrogen-bond donors (Lipinski definition) is 3. The van der Waals surface area contributed by atoms with Gasteiger partial charge in [0.05, 0.1) is 16.7 Å². The number of aliphatic hydroxyl groups is 1. The van der Waals surface area contributed by atoms with Crippen LogP contribution in [0.1, 0.15) is 25.3 Å². The summed E-state index contributed by atoms with van der Waals surface area (Å²) in [7, 11) is 0. The van der Waals surface area contributed by atoms with Crippen LogP contribution in [0.5, 0.6) is 0 Å². The summed E-state index contributed by atoms with van der Waals surface area (Å²) < 4.78 is 0. The molecule has 1 aliphatic rings. The van der Waals surface area contributed by atoms with Crippen LogP contribution in [-0.2, 0) is 0 Å². The number of amidine groups is 1. The number of pyridine rings is 1. The van der Waals surface area contributed by atoms with Crippen LogP contribution >= 0.6 is 0 Å². The molecule has 2 aromatic rings. The van der Waals surface area contributed by atoms with Crippen molar-refractivity contribution in [3.63, 3.8) is 0 Å². The Hall–Kier alpha value is -2.14. The van der Waals surface area contributed by atoms with Gasteiger partial charge < -0.3 is 15.7 Å². The monoisotopic (exact) mass is 284 g/mol. The molecule has 3 rings (SSSR count). The van der Waals surface area contributed by atoms with Crippen LogP contribution in [0.2, 0.25) is 0 Å². The van der Waals surface area contributed by atoms with Crippen molar-refractivity contribution in [2.24, 2.45) is 5.73 Å². The van der Waals surface area contributed by atoms with Crippen LogP contribution in [0.25, 0.3) is 10.9 Å². The summed E-state index contributed by atoms with van der Waals surface area (Å²) in [6, 6.07) is 9.71. The molecule has 4 N–H and O–H groups in total. The van der Waals surface area contributed by atoms with Crippen LogP contribution in [0.3, 0.4) is 0 Å². The van der Waals surface area contributed by atoms with Gasteiger partial charge in [0, 0.05) is 18.5 Å². The van der Waals surface area contributed by atoms with Gasteiger partial charge in [-0.05, 0) is 31.9 Å². The fourth-order valence-electron chi connectivity index (χ4n) is 2.95. The highest BCUT2D eigenvalue weighted by atomic mass is 16.3. The number of nitrogens with one attached hydrogen (secondary N) is 1. The molecule has 1 fully saturated rings. The summed E-state index contributed by atoms with van der Waals surface area (Å²) in [5, 5.41) is 19.1. The highest BCUT2D eigenvalue weighted by Crippen LogP contribution is 2.29. The van der Waals surface area contributed by atoms with Gasteiger partial charge >= 0.3 is 0 Å². The largest absolute Gasteiger partial charge is 0.388 e. The molecule has 0 aliphatic carbocycles. The van der Waals surface area contributed by atoms with Crippen molar-refractivity contribution >= 4 is 22.6 Å². The Balaban J connectivity index is 2.11. The van der Waals surface area contributed by atoms with Crippen LogP contribution in [0, 0.1) is 5.41 Å². The number of fused-ring (bicyclic) bond motifs is 1. The van der Waals surface area contributed by atoms with E-state index in [1.807, 2.05) is 42.2 Å². The van der Waals surface area contributed by atoms with Crippen molar-refractivity contribution in [1.29, 1.82) is 5.41 Å². The Kier molecular flexibility index (Phi) is 3.29. The van der Waals surface area contributed by atoms with Crippen molar-refractivity contribution in [3.05, 3.63) is 35.9 Å². The summed E-state index contributed by atoms with van der Waals surface area (Å²) in [6.07, 6.45) is 1.69. The Morgan fingerprint density at radius 1 is 1.43 bits per heavy atom. The molecule has 21 heavy (non-hydrogen) atoms. The van der Waals surface area contributed by atoms with Crippen molar-refractivity contribution in [1.82, 2.24) is 4.98 Å². The maximum absolute atomic E-state index is 10.3. The zero-order chi connectivity index (χ0) is 15.0. The lowest BCUT2D eigenvalue weighted by molar-refractivity contribution is 0.0447. The standard InChI is InChI=1S/C16H20N4O/c1-16(21)7-4-8-20(10-16)15-12(14(17)18)9-11-5-2-3-6-13(11)19-15/h2-3,5-6,9,21H,4,7-8,10H2,1H3,(H3,17,18). The predicted molar refractivity (Wildman–Crippen MR) is 84.8 cm³/mol. The number of hydrogen-bond acceptors (Lipinski definition) is 4. The Morgan fingerprint density at radius 3 is 2.90 bits per heavy atom. The van der Waals surface area contributed by atoms with E-state index in [4.69, 9.17) is 11.1 Å². The second-order valence-electron chi connectivity index (χ2n) is 5.99. The summed E-state index contributed by atoms with van der Waals surface area (Å²) in [4.78, 5) is 6.71. The highest BCUT2D eigenvalue weighted by Gasteiger charge is 2.30. The maximum atomic E-state index is 10.3. The fraction of sp³-hybridized carbons (Fsp3) is 0.375. The second-order valence-corrected chi connectivity index (χ2v) is 5.99. The molecule has 1 atom stereocenters. The van der Waals surface area contributed by atoms with Gasteiger partial charge in [-0.25, -0.2) is 4.98 Å². The van der Waals surface area contributed by atoms with Crippen LogP contribution < -0.4 is 10.6 Å². The van der Waals surface area contributed by atoms with E-state index in [-0.39, 0.29) is 5.84 Å². The summed E-state index contributed by atoms with van der Waals surface area (Å²) in [6.45, 7) is 3.17. The first-order valence-corrected chi connectivity index (χ1v) is 7.18. The number of benzene rings is 1. The third-order valence-corrected chi connectivity index (χ3v) is 3.97. The minimum Gasteiger partial charge on any atom is -0.388 e. The van der Waals surface area contributed by atoms with E-state index in [0.717, 1.165) is 30.3 Å². The first-order valence-electron chi connectivity index (χ1n) is 7.18. The zero-order valence-corrected chi connectivity index (χ0v) is 12.1. The molecule has 110 valence electrons.